The SMILES string of the molecule is COc1cc(N2CC(S(N)(=O)=O)CC2=O)c(Cl)cc1Br. The molecule has 2 rings (SSSR count). The van der Waals surface area contributed by atoms with Crippen LogP contribution in [0, 0.1) is 0 Å². The summed E-state index contributed by atoms with van der Waals surface area (Å²) in [5, 5.41) is 4.49. The number of ether oxygens (including phenoxy) is 1. The molecule has 1 unspecified atom stereocenters. The van der Waals surface area contributed by atoms with Crippen LogP contribution in [0.4, 0.5) is 5.69 Å². The highest BCUT2D eigenvalue weighted by atomic mass is 79.9. The second-order valence-corrected chi connectivity index (χ2v) is 7.46. The number of methoxy groups -OCH3 is 1. The zero-order valence-electron chi connectivity index (χ0n) is 10.5. The van der Waals surface area contributed by atoms with Crippen LogP contribution in [0.5, 0.6) is 5.75 Å². The van der Waals surface area contributed by atoms with Crippen molar-refractivity contribution in [2.75, 3.05) is 18.6 Å². The van der Waals surface area contributed by atoms with Gasteiger partial charge in [0.2, 0.25) is 15.9 Å². The summed E-state index contributed by atoms with van der Waals surface area (Å²) < 4.78 is 28.5. The number of nitrogens with two attached hydrogens (primary N) is 1. The summed E-state index contributed by atoms with van der Waals surface area (Å²) in [5.74, 6) is 0.159. The molecule has 0 bridgehead atoms. The molecule has 6 nitrogen and oxygen atoms in total. The molecule has 0 radical (unpaired) electrons. The van der Waals surface area contributed by atoms with Gasteiger partial charge in [0.15, 0.2) is 0 Å². The molecule has 1 aliphatic heterocycles. The fourth-order valence-electron chi connectivity index (χ4n) is 2.01. The van der Waals surface area contributed by atoms with Crippen LogP contribution in [-0.4, -0.2) is 33.2 Å². The first-order valence-corrected chi connectivity index (χ1v) is 8.37. The summed E-state index contributed by atoms with van der Waals surface area (Å²) in [6, 6.07) is 3.17. The van der Waals surface area contributed by atoms with Crippen molar-refractivity contribution in [3.8, 4) is 5.75 Å². The van der Waals surface area contributed by atoms with Gasteiger partial charge >= 0.3 is 0 Å². The maximum atomic E-state index is 12.0. The van der Waals surface area contributed by atoms with Gasteiger partial charge in [-0.25, -0.2) is 13.6 Å². The smallest absolute Gasteiger partial charge is 0.228 e. The number of anilines is 1. The quantitative estimate of drug-likeness (QED) is 0.856. The molecule has 1 aromatic rings. The van der Waals surface area contributed by atoms with Crippen LogP contribution in [0.2, 0.25) is 5.02 Å². The molecule has 110 valence electrons. The first kappa shape index (κ1) is 15.6. The minimum atomic E-state index is -3.76. The lowest BCUT2D eigenvalue weighted by molar-refractivity contribution is -0.117. The number of benzene rings is 1. The highest BCUT2D eigenvalue weighted by molar-refractivity contribution is 9.10. The lowest BCUT2D eigenvalue weighted by atomic mass is 10.2. The minimum Gasteiger partial charge on any atom is -0.495 e. The van der Waals surface area contributed by atoms with Crippen LogP contribution < -0.4 is 14.8 Å². The Bertz CT molecular complexity index is 665. The molecule has 9 heteroatoms. The average molecular weight is 384 g/mol. The Labute approximate surface area is 130 Å². The second-order valence-electron chi connectivity index (χ2n) is 4.36. The fourth-order valence-corrected chi connectivity index (χ4v) is 3.64. The molecule has 1 fully saturated rings. The third-order valence-electron chi connectivity index (χ3n) is 3.07. The normalized spacial score (nSPS) is 19.5. The van der Waals surface area contributed by atoms with E-state index in [-0.39, 0.29) is 18.9 Å². The highest BCUT2D eigenvalue weighted by Crippen LogP contribution is 2.38. The second kappa shape index (κ2) is 5.51. The Hall–Kier alpha value is -0.830. The van der Waals surface area contributed by atoms with E-state index < -0.39 is 15.3 Å². The van der Waals surface area contributed by atoms with Gasteiger partial charge in [-0.05, 0) is 22.0 Å². The van der Waals surface area contributed by atoms with Gasteiger partial charge in [0, 0.05) is 19.0 Å². The van der Waals surface area contributed by atoms with Gasteiger partial charge in [0.05, 0.1) is 22.3 Å². The van der Waals surface area contributed by atoms with E-state index in [9.17, 15) is 13.2 Å². The van der Waals surface area contributed by atoms with E-state index >= 15 is 0 Å². The Kier molecular flexibility index (Phi) is 4.29. The number of halogens is 2. The Morgan fingerprint density at radius 1 is 1.50 bits per heavy atom. The minimum absolute atomic E-state index is 0.0117. The third-order valence-corrected chi connectivity index (χ3v) is 5.23. The molecule has 1 aliphatic rings. The lowest BCUT2D eigenvalue weighted by Gasteiger charge is -2.19. The van der Waals surface area contributed by atoms with Crippen LogP contribution in [0.1, 0.15) is 6.42 Å². The number of carbonyl (C=O) groups is 1. The van der Waals surface area contributed by atoms with Gasteiger partial charge in [-0.15, -0.1) is 0 Å². The highest BCUT2D eigenvalue weighted by Gasteiger charge is 2.38. The van der Waals surface area contributed by atoms with Crippen LogP contribution in [0.3, 0.4) is 0 Å². The van der Waals surface area contributed by atoms with Crippen molar-refractivity contribution in [2.45, 2.75) is 11.7 Å². The number of amides is 1. The summed E-state index contributed by atoms with van der Waals surface area (Å²) >= 11 is 9.39. The standard InChI is InChI=1S/C11H12BrClN2O4S/c1-19-10-4-9(8(13)3-7(10)12)15-5-6(2-11(15)16)20(14,17)18/h3-4,6H,2,5H2,1H3,(H2,14,17,18). The van der Waals surface area contributed by atoms with E-state index in [0.29, 0.717) is 20.9 Å². The Morgan fingerprint density at radius 2 is 2.15 bits per heavy atom. The van der Waals surface area contributed by atoms with Crippen molar-refractivity contribution in [3.05, 3.63) is 21.6 Å². The average Bonchev–Trinajstić information content (AvgIpc) is 2.71. The largest absolute Gasteiger partial charge is 0.495 e. The van der Waals surface area contributed by atoms with Crippen molar-refractivity contribution < 1.29 is 17.9 Å². The zero-order valence-corrected chi connectivity index (χ0v) is 13.6. The Balaban J connectivity index is 2.40. The first-order valence-electron chi connectivity index (χ1n) is 5.59. The molecule has 0 spiro atoms. The van der Waals surface area contributed by atoms with E-state index in [1.165, 1.54) is 12.0 Å². The van der Waals surface area contributed by atoms with Crippen LogP contribution in [0.25, 0.3) is 0 Å². The predicted octanol–water partition coefficient (Wildman–Crippen LogP) is 1.50. The molecule has 1 aromatic carbocycles. The third kappa shape index (κ3) is 2.93. The topological polar surface area (TPSA) is 89.7 Å². The van der Waals surface area contributed by atoms with E-state index in [0.717, 1.165) is 0 Å². The lowest BCUT2D eigenvalue weighted by Crippen LogP contribution is -2.32. The monoisotopic (exact) mass is 382 g/mol. The van der Waals surface area contributed by atoms with E-state index in [1.54, 1.807) is 12.1 Å². The van der Waals surface area contributed by atoms with Gasteiger partial charge in [-0.1, -0.05) is 11.6 Å². The van der Waals surface area contributed by atoms with Crippen molar-refractivity contribution in [1.82, 2.24) is 0 Å². The molecule has 2 N–H and O–H groups in total. The number of sulfonamides is 1. The van der Waals surface area contributed by atoms with Gasteiger partial charge in [-0.3, -0.25) is 4.79 Å². The van der Waals surface area contributed by atoms with Crippen LogP contribution in [0.15, 0.2) is 16.6 Å². The maximum absolute atomic E-state index is 12.0. The van der Waals surface area contributed by atoms with Gasteiger partial charge in [0.25, 0.3) is 0 Å². The van der Waals surface area contributed by atoms with Crippen molar-refractivity contribution >= 4 is 49.1 Å². The number of hydrogen-bond acceptors (Lipinski definition) is 4. The number of hydrogen-bond donors (Lipinski definition) is 1. The summed E-state index contributed by atoms with van der Waals surface area (Å²) in [6.07, 6.45) is -0.145. The van der Waals surface area contributed by atoms with E-state index in [4.69, 9.17) is 21.5 Å². The zero-order chi connectivity index (χ0) is 15.1. The summed E-state index contributed by atoms with van der Waals surface area (Å²) in [4.78, 5) is 13.3. The maximum Gasteiger partial charge on any atom is 0.228 e. The summed E-state index contributed by atoms with van der Waals surface area (Å²) in [6.45, 7) is -0.0117. The van der Waals surface area contributed by atoms with E-state index in [1.807, 2.05) is 0 Å². The molecule has 20 heavy (non-hydrogen) atoms. The van der Waals surface area contributed by atoms with Gasteiger partial charge < -0.3 is 9.64 Å². The van der Waals surface area contributed by atoms with Crippen LogP contribution >= 0.6 is 27.5 Å². The molecule has 0 saturated carbocycles. The molecule has 1 heterocycles. The van der Waals surface area contributed by atoms with Crippen molar-refractivity contribution in [3.63, 3.8) is 0 Å². The first-order chi connectivity index (χ1) is 9.24. The molecule has 1 saturated heterocycles. The molecule has 0 aromatic heterocycles. The molecule has 0 aliphatic carbocycles. The Morgan fingerprint density at radius 3 is 2.65 bits per heavy atom. The molecular formula is C11H12BrClN2O4S. The van der Waals surface area contributed by atoms with Crippen molar-refractivity contribution in [1.29, 1.82) is 0 Å². The molecule has 1 atom stereocenters. The van der Waals surface area contributed by atoms with Crippen molar-refractivity contribution in [2.24, 2.45) is 5.14 Å². The number of primary sulfonamides is 1. The van der Waals surface area contributed by atoms with Gasteiger partial charge in [0.1, 0.15) is 11.0 Å². The van der Waals surface area contributed by atoms with Crippen LogP contribution in [-0.2, 0) is 14.8 Å². The fraction of sp³-hybridized carbons (Fsp3) is 0.364. The number of carbonyl (C=O) groups excluding carboxylic acids is 1. The summed E-state index contributed by atoms with van der Waals surface area (Å²) in [7, 11) is -2.28. The molecular weight excluding hydrogens is 372 g/mol. The summed E-state index contributed by atoms with van der Waals surface area (Å²) in [5.41, 5.74) is 0.405. The number of rotatable bonds is 3. The van der Waals surface area contributed by atoms with Gasteiger partial charge in [-0.2, -0.15) is 0 Å². The number of nitrogens with zero attached hydrogens (tertiary/aromatic N) is 1. The molecule has 1 amide bonds. The predicted molar refractivity (Wildman–Crippen MR) is 79.6 cm³/mol. The van der Waals surface area contributed by atoms with E-state index in [2.05, 4.69) is 15.9 Å².